The molecule has 0 saturated heterocycles. The minimum Gasteiger partial charge on any atom is -0.462 e. The van der Waals surface area contributed by atoms with Gasteiger partial charge in [0.05, 0.1) is 24.1 Å². The Hall–Kier alpha value is -1.56. The van der Waals surface area contributed by atoms with Gasteiger partial charge in [0.15, 0.2) is 0 Å². The molecule has 0 fully saturated rings. The molecule has 1 aliphatic heterocycles. The highest BCUT2D eigenvalue weighted by atomic mass is 32.2. The van der Waals surface area contributed by atoms with E-state index in [1.807, 2.05) is 6.92 Å². The second kappa shape index (κ2) is 4.85. The highest BCUT2D eigenvalue weighted by Crippen LogP contribution is 2.34. The number of sulfonamides is 1. The predicted molar refractivity (Wildman–Crippen MR) is 72.9 cm³/mol. The number of nitrogens with zero attached hydrogens (tertiary/aromatic N) is 1. The van der Waals surface area contributed by atoms with E-state index in [1.165, 1.54) is 10.6 Å². The monoisotopic (exact) mass is 283 g/mol. The molecule has 1 heterocycles. The molecule has 104 valence electrons. The van der Waals surface area contributed by atoms with E-state index >= 15 is 0 Å². The molecule has 0 spiro atoms. The smallest absolute Gasteiger partial charge is 0.338 e. The zero-order valence-corrected chi connectivity index (χ0v) is 12.0. The van der Waals surface area contributed by atoms with Crippen LogP contribution in [-0.4, -0.2) is 33.3 Å². The number of hydrogen-bond donors (Lipinski definition) is 0. The third kappa shape index (κ3) is 2.58. The fourth-order valence-corrected chi connectivity index (χ4v) is 3.71. The molecule has 0 N–H and O–H groups in total. The maximum Gasteiger partial charge on any atom is 0.338 e. The van der Waals surface area contributed by atoms with E-state index in [1.54, 1.807) is 25.1 Å². The molecule has 1 aromatic rings. The van der Waals surface area contributed by atoms with Gasteiger partial charge in [0.25, 0.3) is 0 Å². The van der Waals surface area contributed by atoms with Gasteiger partial charge in [-0.1, -0.05) is 0 Å². The van der Waals surface area contributed by atoms with Gasteiger partial charge in [-0.05, 0) is 44.0 Å². The summed E-state index contributed by atoms with van der Waals surface area (Å²) in [5.41, 5.74) is 1.98. The third-order valence-electron chi connectivity index (χ3n) is 3.10. The van der Waals surface area contributed by atoms with Crippen molar-refractivity contribution in [1.82, 2.24) is 0 Å². The lowest BCUT2D eigenvalue weighted by molar-refractivity contribution is 0.0526. The molecule has 1 unspecified atom stereocenters. The summed E-state index contributed by atoms with van der Waals surface area (Å²) >= 11 is 0. The minimum atomic E-state index is -3.29. The fraction of sp³-hybridized carbons (Fsp3) is 0.462. The Bertz CT molecular complexity index is 609. The molecule has 19 heavy (non-hydrogen) atoms. The number of carbonyl (C=O) groups is 1. The first kappa shape index (κ1) is 13.9. The zero-order valence-electron chi connectivity index (χ0n) is 11.2. The quantitative estimate of drug-likeness (QED) is 0.790. The van der Waals surface area contributed by atoms with E-state index in [0.717, 1.165) is 5.56 Å². The van der Waals surface area contributed by atoms with Crippen LogP contribution in [0.25, 0.3) is 0 Å². The van der Waals surface area contributed by atoms with Gasteiger partial charge in [-0.15, -0.1) is 0 Å². The van der Waals surface area contributed by atoms with Crippen LogP contribution in [0.4, 0.5) is 5.69 Å². The molecule has 0 amide bonds. The summed E-state index contributed by atoms with van der Waals surface area (Å²) in [6, 6.07) is 4.87. The second-order valence-corrected chi connectivity index (χ2v) is 6.54. The van der Waals surface area contributed by atoms with Crippen LogP contribution in [0.2, 0.25) is 0 Å². The number of esters is 1. The lowest BCUT2D eigenvalue weighted by Crippen LogP contribution is -2.34. The maximum absolute atomic E-state index is 11.8. The Labute approximate surface area is 113 Å². The van der Waals surface area contributed by atoms with Crippen molar-refractivity contribution < 1.29 is 17.9 Å². The number of anilines is 1. The second-order valence-electron chi connectivity index (χ2n) is 4.68. The van der Waals surface area contributed by atoms with Crippen molar-refractivity contribution in [3.8, 4) is 0 Å². The lowest BCUT2D eigenvalue weighted by Gasteiger charge is -2.21. The molecule has 0 saturated carbocycles. The Balaban J connectivity index is 2.40. The van der Waals surface area contributed by atoms with Crippen molar-refractivity contribution in [3.63, 3.8) is 0 Å². The summed E-state index contributed by atoms with van der Waals surface area (Å²) in [5, 5.41) is 0. The van der Waals surface area contributed by atoms with Crippen LogP contribution in [0.15, 0.2) is 18.2 Å². The first-order valence-corrected chi connectivity index (χ1v) is 7.99. The number of fused-ring (bicyclic) bond motifs is 1. The van der Waals surface area contributed by atoms with Crippen molar-refractivity contribution in [2.75, 3.05) is 17.2 Å². The molecule has 5 nitrogen and oxygen atoms in total. The van der Waals surface area contributed by atoms with Crippen molar-refractivity contribution in [3.05, 3.63) is 29.3 Å². The van der Waals surface area contributed by atoms with Gasteiger partial charge < -0.3 is 4.74 Å². The molecule has 6 heteroatoms. The molecule has 0 aliphatic carbocycles. The maximum atomic E-state index is 11.8. The van der Waals surface area contributed by atoms with Crippen LogP contribution in [0.1, 0.15) is 29.8 Å². The van der Waals surface area contributed by atoms with Gasteiger partial charge in [-0.2, -0.15) is 0 Å². The molecular formula is C13H17NO4S. The predicted octanol–water partition coefficient (Wildman–Crippen LogP) is 1.57. The van der Waals surface area contributed by atoms with E-state index in [4.69, 9.17) is 4.74 Å². The van der Waals surface area contributed by atoms with Crippen LogP contribution in [0.5, 0.6) is 0 Å². The SMILES string of the molecule is CCOC(=O)c1ccc2c(c1)CC(C)N2S(C)(=O)=O. The number of carbonyl (C=O) groups excluding carboxylic acids is 1. The number of benzene rings is 1. The molecule has 1 atom stereocenters. The topological polar surface area (TPSA) is 63.7 Å². The van der Waals surface area contributed by atoms with E-state index in [-0.39, 0.29) is 12.0 Å². The average Bonchev–Trinajstić information content (AvgIpc) is 2.63. The van der Waals surface area contributed by atoms with Gasteiger partial charge >= 0.3 is 5.97 Å². The van der Waals surface area contributed by atoms with Crippen LogP contribution in [0.3, 0.4) is 0 Å². The van der Waals surface area contributed by atoms with Gasteiger partial charge in [0.2, 0.25) is 10.0 Å². The standard InChI is InChI=1S/C13H17NO4S/c1-4-18-13(15)10-5-6-12-11(8-10)7-9(2)14(12)19(3,16)17/h5-6,8-9H,4,7H2,1-3H3. The summed E-state index contributed by atoms with van der Waals surface area (Å²) < 4.78 is 29.9. The highest BCUT2D eigenvalue weighted by Gasteiger charge is 2.32. The summed E-state index contributed by atoms with van der Waals surface area (Å²) in [4.78, 5) is 11.7. The molecule has 0 aromatic heterocycles. The Morgan fingerprint density at radius 3 is 2.74 bits per heavy atom. The van der Waals surface area contributed by atoms with Crippen LogP contribution >= 0.6 is 0 Å². The summed E-state index contributed by atoms with van der Waals surface area (Å²) in [5.74, 6) is -0.379. The molecule has 1 aliphatic rings. The van der Waals surface area contributed by atoms with Crippen molar-refractivity contribution in [1.29, 1.82) is 0 Å². The summed E-state index contributed by atoms with van der Waals surface area (Å²) in [7, 11) is -3.29. The Morgan fingerprint density at radius 2 is 2.16 bits per heavy atom. The zero-order chi connectivity index (χ0) is 14.2. The third-order valence-corrected chi connectivity index (χ3v) is 4.37. The number of rotatable bonds is 3. The molecule has 0 bridgehead atoms. The van der Waals surface area contributed by atoms with E-state index in [9.17, 15) is 13.2 Å². The van der Waals surface area contributed by atoms with Crippen LogP contribution < -0.4 is 4.31 Å². The molecule has 0 radical (unpaired) electrons. The number of ether oxygens (including phenoxy) is 1. The van der Waals surface area contributed by atoms with Crippen LogP contribution in [-0.2, 0) is 21.2 Å². The first-order chi connectivity index (χ1) is 8.84. The summed E-state index contributed by atoms with van der Waals surface area (Å²) in [6.45, 7) is 3.92. The summed E-state index contributed by atoms with van der Waals surface area (Å²) in [6.07, 6.45) is 1.80. The fourth-order valence-electron chi connectivity index (χ4n) is 2.45. The Kier molecular flexibility index (Phi) is 3.54. The van der Waals surface area contributed by atoms with Crippen molar-refractivity contribution in [2.45, 2.75) is 26.3 Å². The highest BCUT2D eigenvalue weighted by molar-refractivity contribution is 7.92. The van der Waals surface area contributed by atoms with Gasteiger partial charge in [0.1, 0.15) is 0 Å². The first-order valence-electron chi connectivity index (χ1n) is 6.14. The number of hydrogen-bond acceptors (Lipinski definition) is 4. The van der Waals surface area contributed by atoms with E-state index < -0.39 is 10.0 Å². The molecule has 1 aromatic carbocycles. The Morgan fingerprint density at radius 1 is 1.47 bits per heavy atom. The minimum absolute atomic E-state index is 0.123. The molecule has 2 rings (SSSR count). The average molecular weight is 283 g/mol. The van der Waals surface area contributed by atoms with Crippen molar-refractivity contribution in [2.24, 2.45) is 0 Å². The van der Waals surface area contributed by atoms with E-state index in [0.29, 0.717) is 24.3 Å². The van der Waals surface area contributed by atoms with Gasteiger partial charge in [0, 0.05) is 6.04 Å². The van der Waals surface area contributed by atoms with Gasteiger partial charge in [-0.25, -0.2) is 13.2 Å². The normalized spacial score (nSPS) is 18.3. The van der Waals surface area contributed by atoms with Crippen molar-refractivity contribution >= 4 is 21.7 Å². The van der Waals surface area contributed by atoms with Gasteiger partial charge in [-0.3, -0.25) is 4.31 Å². The lowest BCUT2D eigenvalue weighted by atomic mass is 10.1. The van der Waals surface area contributed by atoms with Crippen LogP contribution in [0, 0.1) is 0 Å². The van der Waals surface area contributed by atoms with E-state index in [2.05, 4.69) is 0 Å². The largest absolute Gasteiger partial charge is 0.462 e. The molecular weight excluding hydrogens is 266 g/mol.